The maximum Gasteiger partial charge on any atom is 0.0160 e. The molecule has 2 unspecified atom stereocenters. The van der Waals surface area contributed by atoms with Crippen LogP contribution in [0.15, 0.2) is 12.7 Å². The quantitative estimate of drug-likeness (QED) is 0.654. The Morgan fingerprint density at radius 1 is 1.47 bits per heavy atom. The van der Waals surface area contributed by atoms with Crippen LogP contribution >= 0.6 is 0 Å². The largest absolute Gasteiger partial charge is 0.316 e. The van der Waals surface area contributed by atoms with Gasteiger partial charge in [0, 0.05) is 6.54 Å². The lowest BCUT2D eigenvalue weighted by molar-refractivity contribution is 0.223. The van der Waals surface area contributed by atoms with Gasteiger partial charge in [-0.1, -0.05) is 19.9 Å². The summed E-state index contributed by atoms with van der Waals surface area (Å²) >= 11 is 0. The second kappa shape index (κ2) is 8.71. The van der Waals surface area contributed by atoms with Gasteiger partial charge in [0.25, 0.3) is 0 Å². The summed E-state index contributed by atoms with van der Waals surface area (Å²) in [6.45, 7) is 14.5. The minimum absolute atomic E-state index is 0.854. The van der Waals surface area contributed by atoms with Gasteiger partial charge in [-0.2, -0.15) is 0 Å². The Morgan fingerprint density at radius 3 is 2.88 bits per heavy atom. The first kappa shape index (κ1) is 14.7. The maximum atomic E-state index is 3.85. The molecule has 2 nitrogen and oxygen atoms in total. The van der Waals surface area contributed by atoms with E-state index in [-0.39, 0.29) is 0 Å². The summed E-state index contributed by atoms with van der Waals surface area (Å²) in [5.41, 5.74) is 0. The molecule has 1 fully saturated rings. The molecule has 1 N–H and O–H groups in total. The van der Waals surface area contributed by atoms with E-state index in [4.69, 9.17) is 0 Å². The third-order valence-electron chi connectivity index (χ3n) is 3.97. The van der Waals surface area contributed by atoms with Gasteiger partial charge in [0.05, 0.1) is 0 Å². The van der Waals surface area contributed by atoms with Gasteiger partial charge in [-0.15, -0.1) is 6.58 Å². The summed E-state index contributed by atoms with van der Waals surface area (Å²) in [5.74, 6) is 1.75. The van der Waals surface area contributed by atoms with E-state index >= 15 is 0 Å². The molecular formula is C15H30N2. The van der Waals surface area contributed by atoms with Crippen molar-refractivity contribution in [2.45, 2.75) is 39.5 Å². The molecule has 0 aliphatic carbocycles. The Bertz CT molecular complexity index is 197. The first-order chi connectivity index (χ1) is 8.27. The lowest BCUT2D eigenvalue weighted by atomic mass is 9.85. The van der Waals surface area contributed by atoms with Crippen molar-refractivity contribution in [1.82, 2.24) is 10.2 Å². The lowest BCUT2D eigenvalue weighted by Crippen LogP contribution is -2.35. The topological polar surface area (TPSA) is 15.3 Å². The average Bonchev–Trinajstić information content (AvgIpc) is 2.37. The Kier molecular flexibility index (Phi) is 7.54. The van der Waals surface area contributed by atoms with Crippen LogP contribution in [0.2, 0.25) is 0 Å². The van der Waals surface area contributed by atoms with Gasteiger partial charge in [-0.25, -0.2) is 0 Å². The highest BCUT2D eigenvalue weighted by Crippen LogP contribution is 2.22. The summed E-state index contributed by atoms with van der Waals surface area (Å²) < 4.78 is 0. The van der Waals surface area contributed by atoms with E-state index in [0.717, 1.165) is 18.4 Å². The molecule has 1 heterocycles. The number of rotatable bonds is 8. The normalized spacial score (nSPS) is 22.6. The number of piperidine rings is 1. The molecule has 0 spiro atoms. The molecule has 0 aromatic carbocycles. The summed E-state index contributed by atoms with van der Waals surface area (Å²) in [6.07, 6.45) is 7.39. The van der Waals surface area contributed by atoms with Crippen LogP contribution in [0.1, 0.15) is 39.5 Å². The number of nitrogens with zero attached hydrogens (tertiary/aromatic N) is 1. The summed E-state index contributed by atoms with van der Waals surface area (Å²) in [6, 6.07) is 0. The smallest absolute Gasteiger partial charge is 0.0160 e. The van der Waals surface area contributed by atoms with Crippen LogP contribution in [0.5, 0.6) is 0 Å². The summed E-state index contributed by atoms with van der Waals surface area (Å²) in [5, 5.41) is 3.52. The van der Waals surface area contributed by atoms with Crippen LogP contribution in [0, 0.1) is 11.8 Å². The maximum absolute atomic E-state index is 3.85. The van der Waals surface area contributed by atoms with Crippen LogP contribution in [-0.2, 0) is 0 Å². The van der Waals surface area contributed by atoms with E-state index in [2.05, 4.69) is 30.6 Å². The molecule has 2 heteroatoms. The van der Waals surface area contributed by atoms with Crippen molar-refractivity contribution in [3.63, 3.8) is 0 Å². The third-order valence-corrected chi connectivity index (χ3v) is 3.97. The molecule has 1 aliphatic heterocycles. The highest BCUT2D eigenvalue weighted by molar-refractivity contribution is 4.77. The molecule has 0 bridgehead atoms. The fourth-order valence-corrected chi connectivity index (χ4v) is 2.78. The molecule has 100 valence electrons. The van der Waals surface area contributed by atoms with Gasteiger partial charge in [0.15, 0.2) is 0 Å². The van der Waals surface area contributed by atoms with Crippen molar-refractivity contribution in [2.24, 2.45) is 11.8 Å². The van der Waals surface area contributed by atoms with E-state index in [1.807, 2.05) is 6.08 Å². The van der Waals surface area contributed by atoms with E-state index in [0.29, 0.717) is 0 Å². The number of nitrogens with one attached hydrogen (secondary N) is 1. The minimum Gasteiger partial charge on any atom is -0.316 e. The molecule has 0 saturated carbocycles. The fourth-order valence-electron chi connectivity index (χ4n) is 2.78. The molecule has 1 rings (SSSR count). The van der Waals surface area contributed by atoms with Gasteiger partial charge in [-0.3, -0.25) is 4.90 Å². The molecule has 0 aromatic rings. The van der Waals surface area contributed by atoms with Crippen molar-refractivity contribution >= 4 is 0 Å². The third kappa shape index (κ3) is 5.69. The Hall–Kier alpha value is -0.340. The van der Waals surface area contributed by atoms with E-state index in [1.54, 1.807) is 0 Å². The molecule has 0 aromatic heterocycles. The van der Waals surface area contributed by atoms with Gasteiger partial charge in [0.2, 0.25) is 0 Å². The van der Waals surface area contributed by atoms with Crippen LogP contribution in [0.3, 0.4) is 0 Å². The first-order valence-corrected chi connectivity index (χ1v) is 7.31. The SMILES string of the molecule is C=CCN(CCC)CCC(C)C1CCCNC1. The molecular weight excluding hydrogens is 208 g/mol. The molecule has 1 saturated heterocycles. The standard InChI is InChI=1S/C15H30N2/c1-4-10-17(11-5-2)12-8-14(3)15-7-6-9-16-13-15/h4,14-16H,1,5-13H2,2-3H3. The zero-order valence-corrected chi connectivity index (χ0v) is 11.8. The molecule has 1 aliphatic rings. The van der Waals surface area contributed by atoms with E-state index in [9.17, 15) is 0 Å². The summed E-state index contributed by atoms with van der Waals surface area (Å²) in [7, 11) is 0. The minimum atomic E-state index is 0.854. The second-order valence-corrected chi connectivity index (χ2v) is 5.46. The predicted octanol–water partition coefficient (Wildman–Crippen LogP) is 2.91. The highest BCUT2D eigenvalue weighted by Gasteiger charge is 2.19. The van der Waals surface area contributed by atoms with Crippen molar-refractivity contribution in [2.75, 3.05) is 32.7 Å². The average molecular weight is 238 g/mol. The first-order valence-electron chi connectivity index (χ1n) is 7.31. The zero-order chi connectivity index (χ0) is 12.5. The van der Waals surface area contributed by atoms with Crippen molar-refractivity contribution in [3.8, 4) is 0 Å². The molecule has 17 heavy (non-hydrogen) atoms. The Labute approximate surface area is 107 Å². The van der Waals surface area contributed by atoms with E-state index < -0.39 is 0 Å². The van der Waals surface area contributed by atoms with Crippen LogP contribution < -0.4 is 5.32 Å². The second-order valence-electron chi connectivity index (χ2n) is 5.46. The Morgan fingerprint density at radius 2 is 2.29 bits per heavy atom. The van der Waals surface area contributed by atoms with Crippen LogP contribution in [0.4, 0.5) is 0 Å². The Balaban J connectivity index is 2.23. The zero-order valence-electron chi connectivity index (χ0n) is 11.8. The van der Waals surface area contributed by atoms with Gasteiger partial charge in [0.1, 0.15) is 0 Å². The van der Waals surface area contributed by atoms with Gasteiger partial charge >= 0.3 is 0 Å². The molecule has 0 amide bonds. The van der Waals surface area contributed by atoms with Gasteiger partial charge < -0.3 is 5.32 Å². The molecule has 0 radical (unpaired) electrons. The monoisotopic (exact) mass is 238 g/mol. The van der Waals surface area contributed by atoms with Crippen molar-refractivity contribution in [1.29, 1.82) is 0 Å². The lowest BCUT2D eigenvalue weighted by Gasteiger charge is -2.30. The molecule has 2 atom stereocenters. The van der Waals surface area contributed by atoms with Crippen LogP contribution in [0.25, 0.3) is 0 Å². The highest BCUT2D eigenvalue weighted by atomic mass is 15.1. The number of hydrogen-bond acceptors (Lipinski definition) is 2. The van der Waals surface area contributed by atoms with Crippen molar-refractivity contribution < 1.29 is 0 Å². The van der Waals surface area contributed by atoms with Crippen LogP contribution in [-0.4, -0.2) is 37.6 Å². The fraction of sp³-hybridized carbons (Fsp3) is 0.867. The summed E-state index contributed by atoms with van der Waals surface area (Å²) in [4.78, 5) is 2.53. The predicted molar refractivity (Wildman–Crippen MR) is 76.3 cm³/mol. The van der Waals surface area contributed by atoms with Crippen molar-refractivity contribution in [3.05, 3.63) is 12.7 Å². The number of hydrogen-bond donors (Lipinski definition) is 1. The van der Waals surface area contributed by atoms with Gasteiger partial charge in [-0.05, 0) is 63.7 Å². The van der Waals surface area contributed by atoms with E-state index in [1.165, 1.54) is 51.9 Å².